The number of esters is 1. The summed E-state index contributed by atoms with van der Waals surface area (Å²) in [5.74, 6) is -2.68. The Bertz CT molecular complexity index is 2620. The zero-order valence-electron chi connectivity index (χ0n) is 42.1. The Hall–Kier alpha value is -6.04. The van der Waals surface area contributed by atoms with Gasteiger partial charge in [-0.05, 0) is 111 Å². The number of likely N-dealkylation sites (tertiary alicyclic amines) is 2. The molecule has 4 aliphatic rings. The van der Waals surface area contributed by atoms with E-state index in [1.807, 2.05) is 46.0 Å². The number of amides is 4. The molecule has 0 spiro atoms. The van der Waals surface area contributed by atoms with E-state index in [9.17, 15) is 29.1 Å². The largest absolute Gasteiger partial charge is 0.508 e. The first kappa shape index (κ1) is 50.4. The Labute approximate surface area is 410 Å². The van der Waals surface area contributed by atoms with E-state index in [2.05, 4.69) is 59.2 Å². The van der Waals surface area contributed by atoms with Crippen molar-refractivity contribution in [3.8, 4) is 28.1 Å². The number of aromatic hydroxyl groups is 1. The number of benzene rings is 2. The van der Waals surface area contributed by atoms with Crippen molar-refractivity contribution >= 4 is 40.7 Å². The summed E-state index contributed by atoms with van der Waals surface area (Å²) in [6.45, 7) is 14.8. The van der Waals surface area contributed by atoms with Crippen LogP contribution in [-0.4, -0.2) is 149 Å². The van der Waals surface area contributed by atoms with Crippen molar-refractivity contribution in [1.82, 2.24) is 40.0 Å². The normalized spacial score (nSPS) is 22.0. The maximum absolute atomic E-state index is 14.8. The average Bonchev–Trinajstić information content (AvgIpc) is 3.94. The molecule has 0 saturated carbocycles. The number of carbonyl (C=O) groups is 5. The molecule has 3 fully saturated rings. The Kier molecular flexibility index (Phi) is 14.9. The van der Waals surface area contributed by atoms with Gasteiger partial charge in [0.15, 0.2) is 0 Å². The second kappa shape index (κ2) is 20.7. The third-order valence-corrected chi connectivity index (χ3v) is 14.4. The van der Waals surface area contributed by atoms with Crippen LogP contribution in [0.25, 0.3) is 33.3 Å². The summed E-state index contributed by atoms with van der Waals surface area (Å²) < 4.78 is 19.9. The molecule has 17 nitrogen and oxygen atoms in total. The predicted molar refractivity (Wildman–Crippen MR) is 264 cm³/mol. The van der Waals surface area contributed by atoms with Crippen molar-refractivity contribution in [1.29, 1.82) is 0 Å². The van der Waals surface area contributed by atoms with E-state index >= 15 is 0 Å². The van der Waals surface area contributed by atoms with Crippen LogP contribution < -0.4 is 10.7 Å². The molecule has 0 unspecified atom stereocenters. The molecule has 2 aromatic heterocycles. The average molecular weight is 963 g/mol. The molecule has 376 valence electrons. The molecule has 5 atom stereocenters. The van der Waals surface area contributed by atoms with Crippen molar-refractivity contribution in [3.05, 3.63) is 71.5 Å². The first-order chi connectivity index (χ1) is 33.4. The lowest BCUT2D eigenvalue weighted by Gasteiger charge is -2.37. The second-order valence-electron chi connectivity index (χ2n) is 20.8. The number of rotatable bonds is 10. The minimum atomic E-state index is -1.17. The van der Waals surface area contributed by atoms with Crippen LogP contribution in [0.5, 0.6) is 5.75 Å². The van der Waals surface area contributed by atoms with Crippen LogP contribution in [0.15, 0.2) is 54.7 Å². The summed E-state index contributed by atoms with van der Waals surface area (Å²) >= 11 is 0. The number of phenols is 1. The van der Waals surface area contributed by atoms with E-state index in [1.165, 1.54) is 9.91 Å². The Balaban J connectivity index is 1.14. The van der Waals surface area contributed by atoms with Gasteiger partial charge in [-0.3, -0.25) is 34.1 Å². The standard InChI is InChI=1S/C53H70N8O9/c1-10-60-44-16-15-34-25-40(44)41(47(60)39-13-11-18-54-45(39)32(4)68-9)26-53(5,6)30-69-51(66)42-14-12-19-61(56-42)50(65)43(23-33-21-36(34)24-37(62)22-33)55-48(63)46(31(2)3)58(8)49(64)35-17-20-59(27-35)52(67)70-38-28-57(7)29-38/h11,13,15-16,18,21-22,24-25,31-32,35,38,42-43,46,56,62H,10,12,14,17,19-20,23,26-30H2,1-9H3,(H,55,63)/t32-,35-,42-,43-,46-/m0/s1. The summed E-state index contributed by atoms with van der Waals surface area (Å²) in [6, 6.07) is 12.5. The topological polar surface area (TPSA) is 188 Å². The molecule has 8 rings (SSSR count). The number of methoxy groups -OCH3 is 1. The SMILES string of the molecule is CCn1c(-c2cccnc2[C@H](C)OC)c2c3cc(ccc31)-c1cc(O)cc(c1)C[C@H](NC(=O)[C@H](C(C)C)N(C)C(=O)[C@H]1CCN(C(=O)OC3CN(C)C3)C1)C(=O)N1CCC[C@H](N1)C(=O)OCC(C)(C)C2. The maximum Gasteiger partial charge on any atom is 0.410 e. The van der Waals surface area contributed by atoms with Crippen LogP contribution >= 0.6 is 0 Å². The van der Waals surface area contributed by atoms with Gasteiger partial charge >= 0.3 is 12.1 Å². The molecule has 3 saturated heterocycles. The molecular formula is C53H70N8O9. The highest BCUT2D eigenvalue weighted by molar-refractivity contribution is 5.96. The molecule has 0 radical (unpaired) electrons. The van der Waals surface area contributed by atoms with Crippen molar-refractivity contribution in [2.75, 3.05) is 60.5 Å². The van der Waals surface area contributed by atoms with E-state index < -0.39 is 53.3 Å². The number of hydrazine groups is 1. The second-order valence-corrected chi connectivity index (χ2v) is 20.8. The van der Waals surface area contributed by atoms with Crippen molar-refractivity contribution < 1.29 is 43.3 Å². The number of phenolic OH excluding ortho intramolecular Hbond substituents is 1. The van der Waals surface area contributed by atoms with Crippen molar-refractivity contribution in [2.24, 2.45) is 17.3 Å². The summed E-state index contributed by atoms with van der Waals surface area (Å²) in [5.41, 5.74) is 9.52. The zero-order valence-corrected chi connectivity index (χ0v) is 42.1. The summed E-state index contributed by atoms with van der Waals surface area (Å²) in [6.07, 6.45) is 2.76. The number of pyridine rings is 1. The number of cyclic esters (lactones) is 1. The highest BCUT2D eigenvalue weighted by Gasteiger charge is 2.41. The quantitative estimate of drug-likeness (QED) is 0.165. The lowest BCUT2D eigenvalue weighted by molar-refractivity contribution is -0.155. The third kappa shape index (κ3) is 10.5. The van der Waals surface area contributed by atoms with Crippen LogP contribution in [-0.2, 0) is 52.8 Å². The summed E-state index contributed by atoms with van der Waals surface area (Å²) in [7, 11) is 5.21. The van der Waals surface area contributed by atoms with E-state index in [1.54, 1.807) is 37.4 Å². The first-order valence-corrected chi connectivity index (χ1v) is 24.8. The van der Waals surface area contributed by atoms with Gasteiger partial charge in [0.25, 0.3) is 5.91 Å². The minimum absolute atomic E-state index is 0.0138. The van der Waals surface area contributed by atoms with Gasteiger partial charge in [-0.2, -0.15) is 0 Å². The third-order valence-electron chi connectivity index (χ3n) is 14.4. The van der Waals surface area contributed by atoms with Gasteiger partial charge in [0.05, 0.1) is 30.0 Å². The molecule has 17 heteroatoms. The fourth-order valence-electron chi connectivity index (χ4n) is 10.7. The summed E-state index contributed by atoms with van der Waals surface area (Å²) in [4.78, 5) is 80.3. The Morgan fingerprint density at radius 2 is 1.80 bits per heavy atom. The van der Waals surface area contributed by atoms with Gasteiger partial charge in [0, 0.05) is 87.9 Å². The number of nitrogens with one attached hydrogen (secondary N) is 2. The Morgan fingerprint density at radius 3 is 2.51 bits per heavy atom. The summed E-state index contributed by atoms with van der Waals surface area (Å²) in [5, 5.41) is 16.8. The molecule has 3 N–H and O–H groups in total. The van der Waals surface area contributed by atoms with Gasteiger partial charge in [-0.1, -0.05) is 39.8 Å². The molecule has 6 bridgehead atoms. The van der Waals surface area contributed by atoms with Gasteiger partial charge < -0.3 is 39.0 Å². The lowest BCUT2D eigenvalue weighted by atomic mass is 9.84. The molecule has 4 amide bonds. The molecule has 2 aromatic carbocycles. The Morgan fingerprint density at radius 1 is 1.03 bits per heavy atom. The van der Waals surface area contributed by atoms with Crippen molar-refractivity contribution in [2.45, 2.75) is 111 Å². The molecule has 0 aliphatic carbocycles. The van der Waals surface area contributed by atoms with Gasteiger partial charge in [-0.15, -0.1) is 0 Å². The van der Waals surface area contributed by atoms with Crippen LogP contribution in [0, 0.1) is 17.3 Å². The number of aromatic nitrogens is 2. The molecular weight excluding hydrogens is 893 g/mol. The van der Waals surface area contributed by atoms with Crippen LogP contribution in [0.1, 0.15) is 83.7 Å². The smallest absolute Gasteiger partial charge is 0.410 e. The molecule has 6 heterocycles. The highest BCUT2D eigenvalue weighted by atomic mass is 16.6. The lowest BCUT2D eigenvalue weighted by Crippen LogP contribution is -2.62. The van der Waals surface area contributed by atoms with E-state index in [0.717, 1.165) is 39.0 Å². The first-order valence-electron chi connectivity index (χ1n) is 24.8. The number of hydrogen-bond acceptors (Lipinski definition) is 12. The van der Waals surface area contributed by atoms with Gasteiger partial charge in [0.2, 0.25) is 11.8 Å². The monoisotopic (exact) mass is 963 g/mol. The van der Waals surface area contributed by atoms with E-state index in [-0.39, 0.29) is 55.9 Å². The maximum atomic E-state index is 14.8. The number of fused-ring (bicyclic) bond motifs is 6. The van der Waals surface area contributed by atoms with Gasteiger partial charge in [-0.25, -0.2) is 10.2 Å². The van der Waals surface area contributed by atoms with Crippen LogP contribution in [0.2, 0.25) is 0 Å². The van der Waals surface area contributed by atoms with E-state index in [4.69, 9.17) is 19.2 Å². The van der Waals surface area contributed by atoms with Crippen LogP contribution in [0.3, 0.4) is 0 Å². The van der Waals surface area contributed by atoms with Crippen molar-refractivity contribution in [3.63, 3.8) is 0 Å². The molecule has 4 aliphatic heterocycles. The fourth-order valence-corrected chi connectivity index (χ4v) is 10.7. The number of carbonyl (C=O) groups excluding carboxylic acids is 5. The molecule has 70 heavy (non-hydrogen) atoms. The molecule has 4 aromatic rings. The zero-order chi connectivity index (χ0) is 50.2. The van der Waals surface area contributed by atoms with E-state index in [0.29, 0.717) is 63.0 Å². The number of ether oxygens (including phenoxy) is 3. The number of hydrogen-bond donors (Lipinski definition) is 3. The van der Waals surface area contributed by atoms with Gasteiger partial charge in [0.1, 0.15) is 30.0 Å². The predicted octanol–water partition coefficient (Wildman–Crippen LogP) is 5.71. The fraction of sp³-hybridized carbons (Fsp3) is 0.547. The minimum Gasteiger partial charge on any atom is -0.508 e. The number of nitrogens with zero attached hydrogens (tertiary/aromatic N) is 6. The van der Waals surface area contributed by atoms with Crippen LogP contribution in [0.4, 0.5) is 4.79 Å². The highest BCUT2D eigenvalue weighted by Crippen LogP contribution is 2.42. The number of aryl methyl sites for hydroxylation is 1. The number of likely N-dealkylation sites (N-methyl/N-ethyl adjacent to an activating group) is 2.